The maximum Gasteiger partial charge on any atom is 0.254 e. The standard InChI is InChI=1S/C18H16N2O2/c21-16-14-12-6-7-13(18(12)8-9-18)15(14)17(22)20(16)19-10-11-4-2-1-3-5-11/h1-7,10,12-15H,8-9H2/b19-10-/t12-,13-,14-,15+/m1/s1. The molecule has 1 spiro atoms. The lowest BCUT2D eigenvalue weighted by atomic mass is 9.85. The van der Waals surface area contributed by atoms with Gasteiger partial charge in [0.05, 0.1) is 18.1 Å². The third-order valence-corrected chi connectivity index (χ3v) is 5.95. The molecule has 1 aliphatic heterocycles. The molecule has 3 fully saturated rings. The second-order valence-corrected chi connectivity index (χ2v) is 6.86. The minimum atomic E-state index is -0.169. The van der Waals surface area contributed by atoms with Gasteiger partial charge in [-0.1, -0.05) is 42.5 Å². The summed E-state index contributed by atoms with van der Waals surface area (Å²) in [4.78, 5) is 25.4. The largest absolute Gasteiger partial charge is 0.272 e. The van der Waals surface area contributed by atoms with Gasteiger partial charge in [0.1, 0.15) is 0 Å². The van der Waals surface area contributed by atoms with Crippen molar-refractivity contribution in [1.82, 2.24) is 5.01 Å². The molecule has 2 saturated carbocycles. The van der Waals surface area contributed by atoms with Crippen molar-refractivity contribution < 1.29 is 9.59 Å². The molecule has 2 bridgehead atoms. The van der Waals surface area contributed by atoms with E-state index in [1.165, 1.54) is 0 Å². The van der Waals surface area contributed by atoms with Gasteiger partial charge in [-0.2, -0.15) is 10.1 Å². The highest BCUT2D eigenvalue weighted by atomic mass is 16.2. The molecule has 4 heteroatoms. The van der Waals surface area contributed by atoms with Crippen molar-refractivity contribution in [2.24, 2.45) is 34.2 Å². The third kappa shape index (κ3) is 1.35. The van der Waals surface area contributed by atoms with Crippen molar-refractivity contribution in [3.63, 3.8) is 0 Å². The van der Waals surface area contributed by atoms with E-state index in [0.29, 0.717) is 0 Å². The number of carbonyl (C=O) groups is 2. The number of nitrogens with zero attached hydrogens (tertiary/aromatic N) is 2. The number of fused-ring (bicyclic) bond motifs is 3. The molecule has 2 amide bonds. The van der Waals surface area contributed by atoms with E-state index in [0.717, 1.165) is 23.4 Å². The van der Waals surface area contributed by atoms with Gasteiger partial charge in [-0.15, -0.1) is 0 Å². The van der Waals surface area contributed by atoms with Gasteiger partial charge in [0.2, 0.25) is 0 Å². The monoisotopic (exact) mass is 292 g/mol. The first-order valence-corrected chi connectivity index (χ1v) is 7.87. The van der Waals surface area contributed by atoms with Crippen LogP contribution in [-0.4, -0.2) is 23.0 Å². The number of amides is 2. The molecule has 4 aliphatic rings. The average molecular weight is 292 g/mol. The molecular formula is C18H16N2O2. The summed E-state index contributed by atoms with van der Waals surface area (Å²) in [5.41, 5.74) is 1.13. The molecule has 3 aliphatic carbocycles. The SMILES string of the molecule is O=C1[C@@H]2[C@H](C(=O)N1/N=C\c1ccccc1)[C@H]1C=C[C@H]2C12CC2. The predicted molar refractivity (Wildman–Crippen MR) is 80.7 cm³/mol. The topological polar surface area (TPSA) is 49.7 Å². The van der Waals surface area contributed by atoms with Crippen molar-refractivity contribution >= 4 is 18.0 Å². The van der Waals surface area contributed by atoms with E-state index in [2.05, 4.69) is 17.3 Å². The Morgan fingerprint density at radius 3 is 2.14 bits per heavy atom. The lowest BCUT2D eigenvalue weighted by Crippen LogP contribution is -2.30. The van der Waals surface area contributed by atoms with Crippen LogP contribution in [0.1, 0.15) is 18.4 Å². The van der Waals surface area contributed by atoms with Crippen LogP contribution in [0.15, 0.2) is 47.6 Å². The first-order chi connectivity index (χ1) is 10.7. The van der Waals surface area contributed by atoms with Gasteiger partial charge in [0.25, 0.3) is 11.8 Å². The highest BCUT2D eigenvalue weighted by Gasteiger charge is 2.73. The van der Waals surface area contributed by atoms with Crippen LogP contribution in [0, 0.1) is 29.1 Å². The summed E-state index contributed by atoms with van der Waals surface area (Å²) in [6.45, 7) is 0. The van der Waals surface area contributed by atoms with E-state index in [9.17, 15) is 9.59 Å². The minimum absolute atomic E-state index is 0.106. The van der Waals surface area contributed by atoms with Gasteiger partial charge in [-0.05, 0) is 35.7 Å². The first-order valence-electron chi connectivity index (χ1n) is 7.87. The van der Waals surface area contributed by atoms with Crippen molar-refractivity contribution in [1.29, 1.82) is 0 Å². The van der Waals surface area contributed by atoms with Gasteiger partial charge < -0.3 is 0 Å². The quantitative estimate of drug-likeness (QED) is 0.477. The van der Waals surface area contributed by atoms with Crippen LogP contribution < -0.4 is 0 Å². The van der Waals surface area contributed by atoms with Gasteiger partial charge in [-0.25, -0.2) is 0 Å². The van der Waals surface area contributed by atoms with E-state index < -0.39 is 0 Å². The van der Waals surface area contributed by atoms with Gasteiger partial charge >= 0.3 is 0 Å². The molecule has 1 aromatic rings. The van der Waals surface area contributed by atoms with Crippen LogP contribution in [0.2, 0.25) is 0 Å². The van der Waals surface area contributed by atoms with Crippen molar-refractivity contribution in [2.75, 3.05) is 0 Å². The summed E-state index contributed by atoms with van der Waals surface area (Å²) >= 11 is 0. The van der Waals surface area contributed by atoms with Crippen molar-refractivity contribution in [2.45, 2.75) is 12.8 Å². The number of hydrogen-bond donors (Lipinski definition) is 0. The Morgan fingerprint density at radius 1 is 1.00 bits per heavy atom. The fourth-order valence-electron chi connectivity index (χ4n) is 4.84. The smallest absolute Gasteiger partial charge is 0.254 e. The minimum Gasteiger partial charge on any atom is -0.272 e. The second-order valence-electron chi connectivity index (χ2n) is 6.86. The Labute approximate surface area is 128 Å². The number of benzene rings is 1. The fraction of sp³-hybridized carbons (Fsp3) is 0.389. The summed E-state index contributed by atoms with van der Waals surface area (Å²) in [6, 6.07) is 9.54. The molecule has 1 heterocycles. The van der Waals surface area contributed by atoms with Crippen LogP contribution >= 0.6 is 0 Å². The summed E-state index contributed by atoms with van der Waals surface area (Å²) in [6.07, 6.45) is 8.27. The van der Waals surface area contributed by atoms with Crippen LogP contribution in [0.3, 0.4) is 0 Å². The van der Waals surface area contributed by atoms with E-state index in [4.69, 9.17) is 0 Å². The summed E-state index contributed by atoms with van der Waals surface area (Å²) in [5, 5.41) is 5.30. The maximum atomic E-state index is 12.7. The molecule has 4 atom stereocenters. The molecular weight excluding hydrogens is 276 g/mol. The van der Waals surface area contributed by atoms with Crippen molar-refractivity contribution in [3.05, 3.63) is 48.0 Å². The van der Waals surface area contributed by atoms with Crippen molar-refractivity contribution in [3.8, 4) is 0 Å². The molecule has 5 rings (SSSR count). The Balaban J connectivity index is 1.46. The Bertz CT molecular complexity index is 699. The Hall–Kier alpha value is -2.23. The Morgan fingerprint density at radius 2 is 1.59 bits per heavy atom. The zero-order valence-corrected chi connectivity index (χ0v) is 12.1. The molecule has 0 radical (unpaired) electrons. The number of carbonyl (C=O) groups excluding carboxylic acids is 2. The summed E-state index contributed by atoms with van der Waals surface area (Å²) < 4.78 is 0. The molecule has 22 heavy (non-hydrogen) atoms. The molecule has 0 N–H and O–H groups in total. The Kier molecular flexibility index (Phi) is 2.21. The lowest BCUT2D eigenvalue weighted by molar-refractivity contribution is -0.141. The second kappa shape index (κ2) is 3.94. The van der Waals surface area contributed by atoms with Crippen LogP contribution in [0.25, 0.3) is 0 Å². The molecule has 0 unspecified atom stereocenters. The van der Waals surface area contributed by atoms with E-state index >= 15 is 0 Å². The zero-order chi connectivity index (χ0) is 14.9. The van der Waals surface area contributed by atoms with Crippen LogP contribution in [0.5, 0.6) is 0 Å². The number of rotatable bonds is 2. The number of imide groups is 1. The molecule has 4 nitrogen and oxygen atoms in total. The van der Waals surface area contributed by atoms with Crippen LogP contribution in [0.4, 0.5) is 0 Å². The van der Waals surface area contributed by atoms with E-state index in [-0.39, 0.29) is 40.9 Å². The fourth-order valence-corrected chi connectivity index (χ4v) is 4.84. The van der Waals surface area contributed by atoms with E-state index in [1.807, 2.05) is 30.3 Å². The van der Waals surface area contributed by atoms with Crippen LogP contribution in [-0.2, 0) is 9.59 Å². The molecule has 0 aromatic heterocycles. The number of hydrogen-bond acceptors (Lipinski definition) is 3. The molecule has 110 valence electrons. The summed E-state index contributed by atoms with van der Waals surface area (Å²) in [7, 11) is 0. The van der Waals surface area contributed by atoms with Gasteiger partial charge in [0.15, 0.2) is 0 Å². The number of allylic oxidation sites excluding steroid dienone is 2. The van der Waals surface area contributed by atoms with E-state index in [1.54, 1.807) is 6.21 Å². The maximum absolute atomic E-state index is 12.7. The molecule has 1 aromatic carbocycles. The first kappa shape index (κ1) is 12.3. The van der Waals surface area contributed by atoms with Gasteiger partial charge in [-0.3, -0.25) is 9.59 Å². The summed E-state index contributed by atoms with van der Waals surface area (Å²) in [5.74, 6) is -0.0294. The average Bonchev–Trinajstić information content (AvgIpc) is 3.14. The highest BCUT2D eigenvalue weighted by molar-refractivity contribution is 6.07. The highest BCUT2D eigenvalue weighted by Crippen LogP contribution is 2.73. The molecule has 1 saturated heterocycles. The predicted octanol–water partition coefficient (Wildman–Crippen LogP) is 2.22. The lowest BCUT2D eigenvalue weighted by Gasteiger charge is -2.18. The zero-order valence-electron chi connectivity index (χ0n) is 12.1. The normalized spacial score (nSPS) is 36.8. The third-order valence-electron chi connectivity index (χ3n) is 5.95. The van der Waals surface area contributed by atoms with Gasteiger partial charge in [0, 0.05) is 0 Å². The number of hydrazone groups is 1.